The molecule has 0 unspecified atom stereocenters. The predicted octanol–water partition coefficient (Wildman–Crippen LogP) is 1.13. The quantitative estimate of drug-likeness (QED) is 0.636. The molecule has 1 aromatic rings. The van der Waals surface area contributed by atoms with Crippen LogP contribution in [0.4, 0.5) is 0 Å². The van der Waals surface area contributed by atoms with Gasteiger partial charge in [0.25, 0.3) is 0 Å². The van der Waals surface area contributed by atoms with E-state index in [0.717, 1.165) is 11.3 Å². The van der Waals surface area contributed by atoms with Gasteiger partial charge in [0.1, 0.15) is 12.1 Å². The van der Waals surface area contributed by atoms with Gasteiger partial charge in [-0.15, -0.1) is 0 Å². The van der Waals surface area contributed by atoms with Gasteiger partial charge in [-0.05, 0) is 13.8 Å². The number of hydrogen-bond donors (Lipinski definition) is 0. The molecule has 0 spiro atoms. The van der Waals surface area contributed by atoms with Crippen LogP contribution in [0.25, 0.3) is 0 Å². The molecule has 0 amide bonds. The molecule has 1 heterocycles. The summed E-state index contributed by atoms with van der Waals surface area (Å²) in [6.07, 6.45) is -0.0835. The molecule has 0 aliphatic rings. The Kier molecular flexibility index (Phi) is 2.47. The molecule has 4 heteroatoms. The van der Waals surface area contributed by atoms with E-state index >= 15 is 0 Å². The van der Waals surface area contributed by atoms with Crippen LogP contribution in [0.15, 0.2) is 0 Å². The highest BCUT2D eigenvalue weighted by atomic mass is 16.1. The summed E-state index contributed by atoms with van der Waals surface area (Å²) in [5.41, 5.74) is 2.24. The van der Waals surface area contributed by atoms with E-state index < -0.39 is 0 Å². The van der Waals surface area contributed by atoms with Crippen molar-refractivity contribution < 1.29 is 4.79 Å². The zero-order chi connectivity index (χ0) is 10.0. The predicted molar refractivity (Wildman–Crippen MR) is 47.2 cm³/mol. The summed E-state index contributed by atoms with van der Waals surface area (Å²) >= 11 is 0. The van der Waals surface area contributed by atoms with Gasteiger partial charge in [0, 0.05) is 12.6 Å². The van der Waals surface area contributed by atoms with Crippen LogP contribution in [0.1, 0.15) is 28.2 Å². The van der Waals surface area contributed by atoms with E-state index in [4.69, 9.17) is 5.26 Å². The molecule has 1 aromatic heterocycles. The lowest BCUT2D eigenvalue weighted by Gasteiger charge is -1.97. The first-order chi connectivity index (χ1) is 6.07. The number of hydrogen-bond acceptors (Lipinski definition) is 3. The molecule has 1 rings (SSSR count). The van der Waals surface area contributed by atoms with Crippen molar-refractivity contribution >= 4 is 5.78 Å². The highest BCUT2D eigenvalue weighted by Crippen LogP contribution is 2.12. The second kappa shape index (κ2) is 3.40. The minimum absolute atomic E-state index is 0.0835. The molecule has 68 valence electrons. The molecular weight excluding hydrogens is 166 g/mol. The van der Waals surface area contributed by atoms with Gasteiger partial charge in [0.2, 0.25) is 0 Å². The molecule has 0 saturated carbocycles. The van der Waals surface area contributed by atoms with Gasteiger partial charge in [-0.3, -0.25) is 9.48 Å². The fourth-order valence-electron chi connectivity index (χ4n) is 1.31. The van der Waals surface area contributed by atoms with Gasteiger partial charge in [0.05, 0.1) is 11.8 Å². The molecule has 0 aliphatic carbocycles. The van der Waals surface area contributed by atoms with Crippen molar-refractivity contribution in [3.05, 3.63) is 17.0 Å². The summed E-state index contributed by atoms with van der Waals surface area (Å²) in [7, 11) is 1.71. The van der Waals surface area contributed by atoms with E-state index in [2.05, 4.69) is 5.10 Å². The second-order valence-electron chi connectivity index (χ2n) is 2.94. The zero-order valence-corrected chi connectivity index (χ0v) is 7.96. The molecule has 4 nitrogen and oxygen atoms in total. The summed E-state index contributed by atoms with van der Waals surface area (Å²) < 4.78 is 1.53. The minimum atomic E-state index is -0.164. The van der Waals surface area contributed by atoms with Gasteiger partial charge in [-0.1, -0.05) is 0 Å². The number of nitriles is 1. The third-order valence-corrected chi connectivity index (χ3v) is 2.03. The van der Waals surface area contributed by atoms with E-state index in [9.17, 15) is 4.79 Å². The fraction of sp³-hybridized carbons (Fsp3) is 0.444. The van der Waals surface area contributed by atoms with Crippen LogP contribution in [0, 0.1) is 25.2 Å². The lowest BCUT2D eigenvalue weighted by Crippen LogP contribution is -2.07. The van der Waals surface area contributed by atoms with Crippen molar-refractivity contribution in [1.82, 2.24) is 9.78 Å². The summed E-state index contributed by atoms with van der Waals surface area (Å²) in [6.45, 7) is 3.69. The maximum absolute atomic E-state index is 11.4. The summed E-state index contributed by atoms with van der Waals surface area (Å²) in [4.78, 5) is 11.4. The third-order valence-electron chi connectivity index (χ3n) is 2.03. The molecule has 13 heavy (non-hydrogen) atoms. The molecule has 0 aromatic carbocycles. The molecule has 0 saturated heterocycles. The van der Waals surface area contributed by atoms with Crippen LogP contribution in [0.5, 0.6) is 0 Å². The number of ketones is 1. The number of rotatable bonds is 2. The van der Waals surface area contributed by atoms with Crippen LogP contribution in [-0.2, 0) is 7.05 Å². The van der Waals surface area contributed by atoms with Crippen LogP contribution in [0.2, 0.25) is 0 Å². The molecule has 0 atom stereocenters. The number of aryl methyl sites for hydroxylation is 2. The van der Waals surface area contributed by atoms with Crippen molar-refractivity contribution in [3.8, 4) is 6.07 Å². The zero-order valence-electron chi connectivity index (χ0n) is 7.96. The van der Waals surface area contributed by atoms with Crippen LogP contribution in [-0.4, -0.2) is 15.6 Å². The summed E-state index contributed by atoms with van der Waals surface area (Å²) in [5.74, 6) is -0.164. The van der Waals surface area contributed by atoms with E-state index in [0.29, 0.717) is 5.69 Å². The molecular formula is C9H11N3O. The highest BCUT2D eigenvalue weighted by molar-refractivity contribution is 5.97. The molecule has 0 aliphatic heterocycles. The Morgan fingerprint density at radius 3 is 2.62 bits per heavy atom. The average molecular weight is 177 g/mol. The largest absolute Gasteiger partial charge is 0.291 e. The summed E-state index contributed by atoms with van der Waals surface area (Å²) in [6, 6.07) is 1.84. The number of carbonyl (C=O) groups excluding carboxylic acids is 1. The maximum Gasteiger partial charge on any atom is 0.195 e. The van der Waals surface area contributed by atoms with E-state index in [1.54, 1.807) is 7.05 Å². The smallest absolute Gasteiger partial charge is 0.195 e. The standard InChI is InChI=1S/C9H11N3O/c1-6-7(2)11-12(3)9(6)8(13)4-5-10/h4H2,1-3H3. The Morgan fingerprint density at radius 2 is 2.23 bits per heavy atom. The second-order valence-corrected chi connectivity index (χ2v) is 2.94. The maximum atomic E-state index is 11.4. The lowest BCUT2D eigenvalue weighted by molar-refractivity contribution is 0.0988. The van der Waals surface area contributed by atoms with Gasteiger partial charge in [-0.2, -0.15) is 10.4 Å². The Morgan fingerprint density at radius 1 is 1.62 bits per heavy atom. The van der Waals surface area contributed by atoms with Crippen molar-refractivity contribution in [2.45, 2.75) is 20.3 Å². The number of aromatic nitrogens is 2. The first kappa shape index (κ1) is 9.46. The SMILES string of the molecule is Cc1nn(C)c(C(=O)CC#N)c1C. The van der Waals surface area contributed by atoms with Gasteiger partial charge in [0.15, 0.2) is 5.78 Å². The van der Waals surface area contributed by atoms with E-state index in [1.165, 1.54) is 4.68 Å². The third kappa shape index (κ3) is 1.59. The Labute approximate surface area is 76.8 Å². The monoisotopic (exact) mass is 177 g/mol. The highest BCUT2D eigenvalue weighted by Gasteiger charge is 2.15. The van der Waals surface area contributed by atoms with E-state index in [1.807, 2.05) is 19.9 Å². The van der Waals surface area contributed by atoms with Crippen LogP contribution in [0.3, 0.4) is 0 Å². The first-order valence-corrected chi connectivity index (χ1v) is 3.98. The van der Waals surface area contributed by atoms with E-state index in [-0.39, 0.29) is 12.2 Å². The average Bonchev–Trinajstić information content (AvgIpc) is 2.27. The van der Waals surface area contributed by atoms with Crippen molar-refractivity contribution in [2.75, 3.05) is 0 Å². The van der Waals surface area contributed by atoms with Crippen molar-refractivity contribution in [1.29, 1.82) is 5.26 Å². The van der Waals surface area contributed by atoms with Gasteiger partial charge in [-0.25, -0.2) is 0 Å². The van der Waals surface area contributed by atoms with Crippen molar-refractivity contribution in [3.63, 3.8) is 0 Å². The topological polar surface area (TPSA) is 58.7 Å². The molecule has 0 bridgehead atoms. The molecule has 0 radical (unpaired) electrons. The van der Waals surface area contributed by atoms with Crippen LogP contribution >= 0.6 is 0 Å². The number of Topliss-reactive ketones (excluding diaryl/α,β-unsaturated/α-hetero) is 1. The molecule has 0 N–H and O–H groups in total. The Hall–Kier alpha value is -1.63. The normalized spacial score (nSPS) is 9.69. The van der Waals surface area contributed by atoms with Crippen molar-refractivity contribution in [2.24, 2.45) is 7.05 Å². The minimum Gasteiger partial charge on any atom is -0.291 e. The number of nitrogens with zero attached hydrogens (tertiary/aromatic N) is 3. The van der Waals surface area contributed by atoms with Gasteiger partial charge < -0.3 is 0 Å². The number of carbonyl (C=O) groups is 1. The summed E-state index contributed by atoms with van der Waals surface area (Å²) in [5, 5.41) is 12.5. The van der Waals surface area contributed by atoms with Gasteiger partial charge >= 0.3 is 0 Å². The fourth-order valence-corrected chi connectivity index (χ4v) is 1.31. The lowest BCUT2D eigenvalue weighted by atomic mass is 10.1. The first-order valence-electron chi connectivity index (χ1n) is 3.98. The Bertz CT molecular complexity index is 384. The van der Waals surface area contributed by atoms with Crippen LogP contribution < -0.4 is 0 Å². The Balaban J connectivity index is 3.15. The molecule has 0 fully saturated rings.